The molecule has 1 aliphatic rings. The fourth-order valence-corrected chi connectivity index (χ4v) is 6.64. The lowest BCUT2D eigenvalue weighted by atomic mass is 10.0. The van der Waals surface area contributed by atoms with Gasteiger partial charge < -0.3 is 4.74 Å². The molecule has 1 aliphatic heterocycles. The Balaban J connectivity index is 1.47. The van der Waals surface area contributed by atoms with Gasteiger partial charge in [-0.2, -0.15) is 4.31 Å². The van der Waals surface area contributed by atoms with Crippen molar-refractivity contribution in [2.24, 2.45) is 0 Å². The molecule has 9 heteroatoms. The molecule has 0 unspecified atom stereocenters. The number of fused-ring (bicyclic) bond motifs is 2. The van der Waals surface area contributed by atoms with Gasteiger partial charge in [0.25, 0.3) is 5.91 Å². The van der Waals surface area contributed by atoms with Crippen molar-refractivity contribution in [3.8, 4) is 5.75 Å². The third-order valence-electron chi connectivity index (χ3n) is 5.70. The second-order valence-corrected chi connectivity index (χ2v) is 10.8. The molecule has 1 N–H and O–H groups in total. The van der Waals surface area contributed by atoms with E-state index in [1.807, 2.05) is 37.3 Å². The zero-order valence-corrected chi connectivity index (χ0v) is 19.7. The molecule has 4 aromatic rings. The molecule has 3 aromatic carbocycles. The highest BCUT2D eigenvalue weighted by atomic mass is 32.2. The van der Waals surface area contributed by atoms with Crippen molar-refractivity contribution in [1.29, 1.82) is 0 Å². The number of ether oxygens (including phenoxy) is 1. The molecule has 1 amide bonds. The summed E-state index contributed by atoms with van der Waals surface area (Å²) in [6, 6.07) is 16.3. The number of amides is 1. The predicted molar refractivity (Wildman–Crippen MR) is 131 cm³/mol. The van der Waals surface area contributed by atoms with Gasteiger partial charge in [-0.25, -0.2) is 13.4 Å². The van der Waals surface area contributed by atoms with Crippen LogP contribution in [0.2, 0.25) is 0 Å². The van der Waals surface area contributed by atoms with Crippen LogP contribution in [0.5, 0.6) is 5.75 Å². The zero-order chi connectivity index (χ0) is 23.0. The first-order valence-corrected chi connectivity index (χ1v) is 13.1. The van der Waals surface area contributed by atoms with Crippen LogP contribution in [0.3, 0.4) is 0 Å². The number of sulfonamides is 1. The Labute approximate surface area is 196 Å². The number of aromatic nitrogens is 1. The molecule has 0 saturated carbocycles. The molecule has 33 heavy (non-hydrogen) atoms. The number of hydrogen-bond donors (Lipinski definition) is 1. The van der Waals surface area contributed by atoms with Crippen molar-refractivity contribution in [3.05, 3.63) is 60.2 Å². The third kappa shape index (κ3) is 4.07. The highest BCUT2D eigenvalue weighted by Crippen LogP contribution is 2.33. The molecule has 5 rings (SSSR count). The van der Waals surface area contributed by atoms with Crippen molar-refractivity contribution >= 4 is 53.4 Å². The van der Waals surface area contributed by atoms with Gasteiger partial charge in [0, 0.05) is 13.1 Å². The molecule has 0 radical (unpaired) electrons. The van der Waals surface area contributed by atoms with Crippen molar-refractivity contribution < 1.29 is 17.9 Å². The lowest BCUT2D eigenvalue weighted by Crippen LogP contribution is -2.27. The molecule has 0 spiro atoms. The lowest BCUT2D eigenvalue weighted by molar-refractivity contribution is 0.102. The highest BCUT2D eigenvalue weighted by molar-refractivity contribution is 7.89. The standard InChI is InChI=1S/C24H23N3O4S2/c1-2-31-20-12-9-16-7-3-4-8-18(16)22(20)23(28)26-24-25-19-11-10-17(15-21(19)32-24)33(29,30)27-13-5-6-14-27/h3-4,7-12,15H,2,5-6,13-14H2,1H3,(H,25,26,28). The predicted octanol–water partition coefficient (Wildman–Crippen LogP) is 4.89. The Morgan fingerprint density at radius 1 is 1.12 bits per heavy atom. The van der Waals surface area contributed by atoms with Crippen molar-refractivity contribution in [3.63, 3.8) is 0 Å². The van der Waals surface area contributed by atoms with Gasteiger partial charge in [0.15, 0.2) is 5.13 Å². The zero-order valence-electron chi connectivity index (χ0n) is 18.1. The Hall–Kier alpha value is -3.01. The minimum Gasteiger partial charge on any atom is -0.493 e. The van der Waals surface area contributed by atoms with E-state index >= 15 is 0 Å². The molecule has 1 fully saturated rings. The summed E-state index contributed by atoms with van der Waals surface area (Å²) in [5.74, 6) is 0.188. The maximum atomic E-state index is 13.3. The summed E-state index contributed by atoms with van der Waals surface area (Å²) < 4.78 is 33.7. The van der Waals surface area contributed by atoms with Gasteiger partial charge in [-0.3, -0.25) is 10.1 Å². The van der Waals surface area contributed by atoms with Crippen molar-refractivity contribution in [2.75, 3.05) is 25.0 Å². The number of thiazole rings is 1. The van der Waals surface area contributed by atoms with E-state index in [9.17, 15) is 13.2 Å². The second-order valence-electron chi connectivity index (χ2n) is 7.81. The van der Waals surface area contributed by atoms with Gasteiger partial charge in [-0.05, 0) is 54.8 Å². The quantitative estimate of drug-likeness (QED) is 0.424. The average Bonchev–Trinajstić information content (AvgIpc) is 3.48. The minimum atomic E-state index is -3.51. The van der Waals surface area contributed by atoms with Crippen LogP contribution >= 0.6 is 11.3 Å². The number of nitrogens with one attached hydrogen (secondary N) is 1. The number of carbonyl (C=O) groups is 1. The summed E-state index contributed by atoms with van der Waals surface area (Å²) in [5, 5.41) is 5.01. The van der Waals surface area contributed by atoms with Gasteiger partial charge in [0.05, 0.1) is 27.3 Å². The highest BCUT2D eigenvalue weighted by Gasteiger charge is 2.27. The average molecular weight is 482 g/mol. The molecule has 2 heterocycles. The Kier molecular flexibility index (Phi) is 5.77. The van der Waals surface area contributed by atoms with E-state index in [0.717, 1.165) is 23.6 Å². The van der Waals surface area contributed by atoms with Crippen LogP contribution in [0.1, 0.15) is 30.1 Å². The minimum absolute atomic E-state index is 0.256. The Morgan fingerprint density at radius 2 is 1.91 bits per heavy atom. The molecule has 170 valence electrons. The molecule has 7 nitrogen and oxygen atoms in total. The second kappa shape index (κ2) is 8.74. The van der Waals surface area contributed by atoms with E-state index in [0.29, 0.717) is 46.4 Å². The fraction of sp³-hybridized carbons (Fsp3) is 0.250. The van der Waals surface area contributed by atoms with Gasteiger partial charge in [-0.15, -0.1) is 0 Å². The monoisotopic (exact) mass is 481 g/mol. The summed E-state index contributed by atoms with van der Waals surface area (Å²) in [4.78, 5) is 18.0. The molecule has 0 aliphatic carbocycles. The summed E-state index contributed by atoms with van der Waals surface area (Å²) >= 11 is 1.25. The van der Waals surface area contributed by atoms with Crippen LogP contribution < -0.4 is 10.1 Å². The molecular weight excluding hydrogens is 458 g/mol. The summed E-state index contributed by atoms with van der Waals surface area (Å²) in [6.07, 6.45) is 1.77. The van der Waals surface area contributed by atoms with E-state index < -0.39 is 10.0 Å². The first kappa shape index (κ1) is 21.8. The molecule has 0 atom stereocenters. The SMILES string of the molecule is CCOc1ccc2ccccc2c1C(=O)Nc1nc2ccc(S(=O)(=O)N3CCCC3)cc2s1. The van der Waals surface area contributed by atoms with Gasteiger partial charge in [0.1, 0.15) is 5.75 Å². The number of nitrogens with zero attached hydrogens (tertiary/aromatic N) is 2. The van der Waals surface area contributed by atoms with E-state index in [1.165, 1.54) is 15.6 Å². The van der Waals surface area contributed by atoms with Gasteiger partial charge in [-0.1, -0.05) is 41.7 Å². The number of hydrogen-bond acceptors (Lipinski definition) is 6. The van der Waals surface area contributed by atoms with E-state index in [1.54, 1.807) is 24.3 Å². The Bertz CT molecular complexity index is 1460. The first-order chi connectivity index (χ1) is 16.0. The van der Waals surface area contributed by atoms with Crippen LogP contribution in [-0.4, -0.2) is 43.3 Å². The number of benzene rings is 3. The summed E-state index contributed by atoms with van der Waals surface area (Å²) in [7, 11) is -3.51. The molecular formula is C24H23N3O4S2. The van der Waals surface area contributed by atoms with Crippen LogP contribution in [0.15, 0.2) is 59.5 Å². The normalized spacial score (nSPS) is 14.7. The smallest absolute Gasteiger partial charge is 0.261 e. The van der Waals surface area contributed by atoms with Gasteiger partial charge >= 0.3 is 0 Å². The van der Waals surface area contributed by atoms with Gasteiger partial charge in [0.2, 0.25) is 10.0 Å². The van der Waals surface area contributed by atoms with Crippen LogP contribution in [0.4, 0.5) is 5.13 Å². The van der Waals surface area contributed by atoms with Crippen LogP contribution in [0.25, 0.3) is 21.0 Å². The van der Waals surface area contributed by atoms with Crippen LogP contribution in [0, 0.1) is 0 Å². The number of rotatable bonds is 6. The van der Waals surface area contributed by atoms with Crippen LogP contribution in [-0.2, 0) is 10.0 Å². The summed E-state index contributed by atoms with van der Waals surface area (Å²) in [6.45, 7) is 3.42. The maximum absolute atomic E-state index is 13.3. The molecule has 0 bridgehead atoms. The lowest BCUT2D eigenvalue weighted by Gasteiger charge is -2.15. The van der Waals surface area contributed by atoms with E-state index in [-0.39, 0.29) is 10.8 Å². The van der Waals surface area contributed by atoms with E-state index in [2.05, 4.69) is 10.3 Å². The third-order valence-corrected chi connectivity index (χ3v) is 8.53. The fourth-order valence-electron chi connectivity index (χ4n) is 4.12. The Morgan fingerprint density at radius 3 is 2.70 bits per heavy atom. The molecule has 1 aromatic heterocycles. The number of carbonyl (C=O) groups excluding carboxylic acids is 1. The first-order valence-electron chi connectivity index (χ1n) is 10.8. The molecule has 1 saturated heterocycles. The summed E-state index contributed by atoms with van der Waals surface area (Å²) in [5.41, 5.74) is 1.09. The van der Waals surface area contributed by atoms with E-state index in [4.69, 9.17) is 4.74 Å². The number of anilines is 1. The topological polar surface area (TPSA) is 88.6 Å². The van der Waals surface area contributed by atoms with Crippen molar-refractivity contribution in [1.82, 2.24) is 9.29 Å². The van der Waals surface area contributed by atoms with Crippen molar-refractivity contribution in [2.45, 2.75) is 24.7 Å². The largest absolute Gasteiger partial charge is 0.493 e. The maximum Gasteiger partial charge on any atom is 0.261 e.